The van der Waals surface area contributed by atoms with E-state index >= 15 is 0 Å². The van der Waals surface area contributed by atoms with Gasteiger partial charge in [0.2, 0.25) is 5.95 Å². The van der Waals surface area contributed by atoms with E-state index in [9.17, 15) is 8.42 Å². The molecule has 0 radical (unpaired) electrons. The van der Waals surface area contributed by atoms with Crippen LogP contribution in [0, 0.1) is 5.92 Å². The topological polar surface area (TPSA) is 87.2 Å². The molecule has 36 heavy (non-hydrogen) atoms. The molecular formula is C27H36ClN5O2S. The molecule has 1 aliphatic carbocycles. The first-order valence-corrected chi connectivity index (χ1v) is 14.6. The Hall–Kier alpha value is -2.42. The van der Waals surface area contributed by atoms with Crippen molar-refractivity contribution >= 4 is 44.1 Å². The Kier molecular flexibility index (Phi) is 8.70. The second kappa shape index (κ2) is 11.8. The zero-order valence-electron chi connectivity index (χ0n) is 21.2. The van der Waals surface area contributed by atoms with Gasteiger partial charge < -0.3 is 15.5 Å². The van der Waals surface area contributed by atoms with Crippen molar-refractivity contribution < 1.29 is 8.42 Å². The molecule has 1 fully saturated rings. The fourth-order valence-corrected chi connectivity index (χ4v) is 6.32. The summed E-state index contributed by atoms with van der Waals surface area (Å²) in [4.78, 5) is 11.9. The molecule has 1 unspecified atom stereocenters. The lowest BCUT2D eigenvalue weighted by molar-refractivity contribution is 0.324. The zero-order valence-corrected chi connectivity index (χ0v) is 22.8. The zero-order chi connectivity index (χ0) is 25.7. The number of hydrogen-bond acceptors (Lipinski definition) is 7. The molecule has 2 aromatic carbocycles. The van der Waals surface area contributed by atoms with E-state index in [1.165, 1.54) is 0 Å². The summed E-state index contributed by atoms with van der Waals surface area (Å²) in [5.41, 5.74) is 0.948. The van der Waals surface area contributed by atoms with E-state index in [1.807, 2.05) is 37.2 Å². The molecule has 7 nitrogen and oxygen atoms in total. The van der Waals surface area contributed by atoms with Crippen LogP contribution in [0.5, 0.6) is 0 Å². The summed E-state index contributed by atoms with van der Waals surface area (Å²) < 4.78 is 25.5. The Morgan fingerprint density at radius 1 is 1.03 bits per heavy atom. The van der Waals surface area contributed by atoms with Crippen molar-refractivity contribution in [3.8, 4) is 0 Å². The average molecular weight is 530 g/mol. The van der Waals surface area contributed by atoms with Gasteiger partial charge in [-0.1, -0.05) is 23.7 Å². The molecule has 0 bridgehead atoms. The molecule has 1 atom stereocenters. The van der Waals surface area contributed by atoms with Crippen molar-refractivity contribution in [1.29, 1.82) is 0 Å². The van der Waals surface area contributed by atoms with Gasteiger partial charge in [0, 0.05) is 30.5 Å². The average Bonchev–Trinajstić information content (AvgIpc) is 2.87. The largest absolute Gasteiger partial charge is 0.362 e. The van der Waals surface area contributed by atoms with E-state index in [4.69, 9.17) is 21.6 Å². The number of nitrogens with zero attached hydrogens (tertiary/aromatic N) is 3. The maximum absolute atomic E-state index is 12.8. The van der Waals surface area contributed by atoms with Crippen LogP contribution in [0.4, 0.5) is 11.8 Å². The van der Waals surface area contributed by atoms with Gasteiger partial charge >= 0.3 is 0 Å². The highest BCUT2D eigenvalue weighted by Crippen LogP contribution is 2.28. The molecule has 0 spiro atoms. The summed E-state index contributed by atoms with van der Waals surface area (Å²) in [5.74, 6) is 2.21. The van der Waals surface area contributed by atoms with E-state index in [0.29, 0.717) is 40.8 Å². The van der Waals surface area contributed by atoms with Crippen LogP contribution in [-0.2, 0) is 9.84 Å². The number of halogens is 1. The van der Waals surface area contributed by atoms with Crippen LogP contribution in [0.25, 0.3) is 10.9 Å². The van der Waals surface area contributed by atoms with Gasteiger partial charge in [-0.05, 0) is 94.4 Å². The molecule has 1 aromatic heterocycles. The number of anilines is 2. The maximum atomic E-state index is 12.8. The predicted molar refractivity (Wildman–Crippen MR) is 149 cm³/mol. The number of aromatic nitrogens is 2. The monoisotopic (exact) mass is 529 g/mol. The smallest absolute Gasteiger partial charge is 0.225 e. The molecule has 1 aliphatic rings. The number of hydrogen-bond donors (Lipinski definition) is 2. The van der Waals surface area contributed by atoms with Crippen molar-refractivity contribution in [1.82, 2.24) is 15.3 Å². The van der Waals surface area contributed by atoms with Gasteiger partial charge in [0.1, 0.15) is 5.82 Å². The minimum Gasteiger partial charge on any atom is -0.362 e. The Morgan fingerprint density at radius 3 is 2.42 bits per heavy atom. The van der Waals surface area contributed by atoms with Crippen molar-refractivity contribution in [2.24, 2.45) is 5.92 Å². The highest BCUT2D eigenvalue weighted by molar-refractivity contribution is 7.92. The van der Waals surface area contributed by atoms with Crippen molar-refractivity contribution in [3.05, 3.63) is 53.6 Å². The van der Waals surface area contributed by atoms with E-state index in [0.717, 1.165) is 48.9 Å². The molecular weight excluding hydrogens is 494 g/mol. The fourth-order valence-electron chi connectivity index (χ4n) is 4.78. The van der Waals surface area contributed by atoms with Crippen LogP contribution in [0.2, 0.25) is 5.02 Å². The number of fused-ring (bicyclic) bond motifs is 1. The molecule has 194 valence electrons. The lowest BCUT2D eigenvalue weighted by Crippen LogP contribution is -2.33. The lowest BCUT2D eigenvalue weighted by Gasteiger charge is -2.29. The molecule has 1 saturated carbocycles. The second-order valence-corrected chi connectivity index (χ2v) is 12.7. The minimum atomic E-state index is -3.34. The summed E-state index contributed by atoms with van der Waals surface area (Å²) in [5, 5.41) is 8.20. The van der Waals surface area contributed by atoms with Gasteiger partial charge in [0.15, 0.2) is 9.84 Å². The standard InChI is InChI=1S/C27H36ClN5O2S/c1-19(36(34,35)23-14-10-21(28)11-15-23)16-17-29-18-20-8-12-22(13-9-20)30-27-31-25-7-5-4-6-24(25)26(32-27)33(2)3/h4-7,10-11,14-15,19-20,22,29H,8-9,12-13,16-18H2,1-3H3,(H,30,31,32). The van der Waals surface area contributed by atoms with E-state index in [-0.39, 0.29) is 0 Å². The van der Waals surface area contributed by atoms with Crippen molar-refractivity contribution in [2.75, 3.05) is 37.4 Å². The van der Waals surface area contributed by atoms with E-state index in [2.05, 4.69) is 16.7 Å². The Labute approximate surface area is 219 Å². The predicted octanol–water partition coefficient (Wildman–Crippen LogP) is 5.16. The van der Waals surface area contributed by atoms with Crippen LogP contribution >= 0.6 is 11.6 Å². The van der Waals surface area contributed by atoms with E-state index < -0.39 is 15.1 Å². The van der Waals surface area contributed by atoms with Crippen LogP contribution in [-0.4, -0.2) is 56.9 Å². The first-order valence-electron chi connectivity index (χ1n) is 12.6. The quantitative estimate of drug-likeness (QED) is 0.351. The first kappa shape index (κ1) is 26.6. The molecule has 3 aromatic rings. The third-order valence-corrected chi connectivity index (χ3v) is 9.50. The van der Waals surface area contributed by atoms with Gasteiger partial charge in [-0.15, -0.1) is 0 Å². The van der Waals surface area contributed by atoms with Gasteiger partial charge in [-0.2, -0.15) is 4.98 Å². The second-order valence-electron chi connectivity index (χ2n) is 9.95. The molecule has 4 rings (SSSR count). The highest BCUT2D eigenvalue weighted by Gasteiger charge is 2.24. The van der Waals surface area contributed by atoms with Crippen LogP contribution in [0.1, 0.15) is 39.0 Å². The first-order chi connectivity index (χ1) is 17.2. The molecule has 0 amide bonds. The Morgan fingerprint density at radius 2 is 1.72 bits per heavy atom. The summed E-state index contributed by atoms with van der Waals surface area (Å²) >= 11 is 5.89. The van der Waals surface area contributed by atoms with Gasteiger partial charge in [-0.25, -0.2) is 13.4 Å². The third-order valence-electron chi connectivity index (χ3n) is 7.02. The van der Waals surface area contributed by atoms with Crippen LogP contribution in [0.3, 0.4) is 0 Å². The van der Waals surface area contributed by atoms with Crippen molar-refractivity contribution in [3.63, 3.8) is 0 Å². The number of para-hydroxylation sites is 1. The number of benzene rings is 2. The molecule has 0 saturated heterocycles. The van der Waals surface area contributed by atoms with E-state index in [1.54, 1.807) is 31.2 Å². The number of rotatable bonds is 10. The maximum Gasteiger partial charge on any atom is 0.225 e. The third kappa shape index (κ3) is 6.47. The molecule has 2 N–H and O–H groups in total. The SMILES string of the molecule is CC(CCNCC1CCC(Nc2nc(N(C)C)c3ccccc3n2)CC1)S(=O)(=O)c1ccc(Cl)cc1. The molecule has 0 aliphatic heterocycles. The molecule has 9 heteroatoms. The highest BCUT2D eigenvalue weighted by atomic mass is 35.5. The van der Waals surface area contributed by atoms with Gasteiger partial charge in [0.05, 0.1) is 15.7 Å². The summed E-state index contributed by atoms with van der Waals surface area (Å²) in [6, 6.07) is 14.9. The fraction of sp³-hybridized carbons (Fsp3) is 0.481. The minimum absolute atomic E-state index is 0.332. The molecule has 1 heterocycles. The van der Waals surface area contributed by atoms with Gasteiger partial charge in [0.25, 0.3) is 0 Å². The summed E-state index contributed by atoms with van der Waals surface area (Å²) in [6.45, 7) is 3.38. The van der Waals surface area contributed by atoms with Crippen molar-refractivity contribution in [2.45, 2.75) is 55.2 Å². The summed E-state index contributed by atoms with van der Waals surface area (Å²) in [6.07, 6.45) is 4.96. The van der Waals surface area contributed by atoms with Gasteiger partial charge in [-0.3, -0.25) is 0 Å². The van der Waals surface area contributed by atoms with Crippen LogP contribution < -0.4 is 15.5 Å². The lowest BCUT2D eigenvalue weighted by atomic mass is 9.86. The Balaban J connectivity index is 1.22. The normalized spacial score (nSPS) is 19.2. The number of nitrogens with one attached hydrogen (secondary N) is 2. The number of sulfone groups is 1. The van der Waals surface area contributed by atoms with Crippen LogP contribution in [0.15, 0.2) is 53.4 Å². The Bertz CT molecular complexity index is 1260. The summed E-state index contributed by atoms with van der Waals surface area (Å²) in [7, 11) is 0.667.